The van der Waals surface area contributed by atoms with Crippen molar-refractivity contribution in [3.05, 3.63) is 0 Å². The first kappa shape index (κ1) is 7.23. The van der Waals surface area contributed by atoms with Crippen LogP contribution < -0.4 is 11.2 Å². The highest BCUT2D eigenvalue weighted by molar-refractivity contribution is 5.70. The van der Waals surface area contributed by atoms with Crippen LogP contribution in [0.2, 0.25) is 0 Å². The smallest absolute Gasteiger partial charge is 0.336 e. The molecule has 0 saturated heterocycles. The van der Waals surface area contributed by atoms with Gasteiger partial charge in [-0.05, 0) is 13.8 Å². The molecule has 0 aromatic rings. The lowest BCUT2D eigenvalue weighted by Crippen LogP contribution is -2.31. The summed E-state index contributed by atoms with van der Waals surface area (Å²) in [6.07, 6.45) is -0.0255. The van der Waals surface area contributed by atoms with E-state index in [0.717, 1.165) is 0 Å². The number of carbonyl (C=O) groups excluding carboxylic acids is 1. The Morgan fingerprint density at radius 1 is 1.75 bits per heavy atom. The van der Waals surface area contributed by atoms with E-state index >= 15 is 0 Å². The molecule has 0 aromatic carbocycles. The molecule has 8 heavy (non-hydrogen) atoms. The van der Waals surface area contributed by atoms with Crippen molar-refractivity contribution in [3.63, 3.8) is 0 Å². The molecule has 48 valence electrons. The second kappa shape index (κ2) is 3.26. The van der Waals surface area contributed by atoms with Crippen LogP contribution in [0.15, 0.2) is 0 Å². The van der Waals surface area contributed by atoms with Gasteiger partial charge in [-0.1, -0.05) is 0 Å². The molecule has 0 spiro atoms. The van der Waals surface area contributed by atoms with Crippen LogP contribution in [0.5, 0.6) is 0 Å². The van der Waals surface area contributed by atoms with E-state index < -0.39 is 6.03 Å². The molecule has 0 fully saturated rings. The lowest BCUT2D eigenvalue weighted by Gasteiger charge is -2.03. The summed E-state index contributed by atoms with van der Waals surface area (Å²) in [4.78, 5) is 14.5. The predicted molar refractivity (Wildman–Crippen MR) is 28.9 cm³/mol. The van der Waals surface area contributed by atoms with Crippen LogP contribution in [0.1, 0.15) is 13.8 Å². The van der Waals surface area contributed by atoms with E-state index in [9.17, 15) is 4.79 Å². The number of hydrogen-bond acceptors (Lipinski definition) is 2. The van der Waals surface area contributed by atoms with Crippen LogP contribution in [0, 0.1) is 0 Å². The van der Waals surface area contributed by atoms with E-state index in [4.69, 9.17) is 0 Å². The zero-order chi connectivity index (χ0) is 6.57. The molecule has 2 amide bonds. The molecule has 0 aliphatic rings. The summed E-state index contributed by atoms with van der Waals surface area (Å²) in [5, 5.41) is 0. The summed E-state index contributed by atoms with van der Waals surface area (Å²) in [6.45, 7) is 3.58. The summed E-state index contributed by atoms with van der Waals surface area (Å²) < 4.78 is 0. The Morgan fingerprint density at radius 3 is 2.38 bits per heavy atom. The summed E-state index contributed by atoms with van der Waals surface area (Å²) in [7, 11) is 0. The number of amides is 2. The molecule has 0 atom stereocenters. The number of urea groups is 1. The van der Waals surface area contributed by atoms with Gasteiger partial charge in [-0.25, -0.2) is 10.3 Å². The monoisotopic (exact) mass is 118 g/mol. The maximum absolute atomic E-state index is 9.89. The standard InChI is InChI=1S/C4H10N2O2/c1-3(2)8-6-4(5)7/h3H,1-2H3,(H3,5,6,7). The molecule has 0 saturated carbocycles. The van der Waals surface area contributed by atoms with E-state index in [1.807, 2.05) is 5.48 Å². The maximum atomic E-state index is 9.89. The van der Waals surface area contributed by atoms with Gasteiger partial charge in [0.15, 0.2) is 0 Å². The second-order valence-electron chi connectivity index (χ2n) is 1.63. The summed E-state index contributed by atoms with van der Waals surface area (Å²) >= 11 is 0. The molecule has 0 aliphatic carbocycles. The van der Waals surface area contributed by atoms with Crippen molar-refractivity contribution in [2.75, 3.05) is 0 Å². The van der Waals surface area contributed by atoms with E-state index in [-0.39, 0.29) is 6.10 Å². The fourth-order valence-corrected chi connectivity index (χ4v) is 0.176. The summed E-state index contributed by atoms with van der Waals surface area (Å²) in [5.74, 6) is 0. The first-order chi connectivity index (χ1) is 3.63. The minimum atomic E-state index is -0.668. The molecule has 0 aromatic heterocycles. The van der Waals surface area contributed by atoms with Crippen molar-refractivity contribution in [1.82, 2.24) is 5.48 Å². The van der Waals surface area contributed by atoms with Gasteiger partial charge in [0.05, 0.1) is 6.10 Å². The van der Waals surface area contributed by atoms with Gasteiger partial charge < -0.3 is 5.73 Å². The van der Waals surface area contributed by atoms with Crippen molar-refractivity contribution in [3.8, 4) is 0 Å². The third-order valence-electron chi connectivity index (χ3n) is 0.395. The quantitative estimate of drug-likeness (QED) is 0.501. The Kier molecular flexibility index (Phi) is 2.95. The fourth-order valence-electron chi connectivity index (χ4n) is 0.176. The van der Waals surface area contributed by atoms with E-state index in [1.165, 1.54) is 0 Å². The van der Waals surface area contributed by atoms with Crippen LogP contribution in [-0.2, 0) is 4.84 Å². The molecular formula is C4H10N2O2. The number of carbonyl (C=O) groups is 1. The first-order valence-electron chi connectivity index (χ1n) is 2.34. The van der Waals surface area contributed by atoms with Crippen molar-refractivity contribution < 1.29 is 9.63 Å². The topological polar surface area (TPSA) is 64.3 Å². The largest absolute Gasteiger partial charge is 0.350 e. The van der Waals surface area contributed by atoms with Gasteiger partial charge in [-0.15, -0.1) is 0 Å². The van der Waals surface area contributed by atoms with Crippen LogP contribution in [-0.4, -0.2) is 12.1 Å². The van der Waals surface area contributed by atoms with Gasteiger partial charge in [0.2, 0.25) is 0 Å². The SMILES string of the molecule is CC(C)ONC(N)=O. The molecule has 0 bridgehead atoms. The van der Waals surface area contributed by atoms with E-state index in [1.54, 1.807) is 13.8 Å². The Bertz CT molecular complexity index is 82.1. The average Bonchev–Trinajstić information content (AvgIpc) is 1.61. The number of nitrogens with one attached hydrogen (secondary N) is 1. The van der Waals surface area contributed by atoms with Gasteiger partial charge in [-0.2, -0.15) is 0 Å². The second-order valence-corrected chi connectivity index (χ2v) is 1.63. The maximum Gasteiger partial charge on any atom is 0.336 e. The molecule has 0 rings (SSSR count). The van der Waals surface area contributed by atoms with Gasteiger partial charge in [0.1, 0.15) is 0 Å². The van der Waals surface area contributed by atoms with Gasteiger partial charge in [-0.3, -0.25) is 4.84 Å². The van der Waals surface area contributed by atoms with Crippen molar-refractivity contribution in [1.29, 1.82) is 0 Å². The molecule has 0 heterocycles. The molecule has 4 nitrogen and oxygen atoms in total. The number of primary amides is 1. The number of hydroxylamine groups is 1. The molecule has 3 N–H and O–H groups in total. The predicted octanol–water partition coefficient (Wildman–Crippen LogP) is -0.00530. The lowest BCUT2D eigenvalue weighted by atomic mass is 10.5. The zero-order valence-corrected chi connectivity index (χ0v) is 4.97. The number of hydrogen-bond donors (Lipinski definition) is 2. The van der Waals surface area contributed by atoms with Crippen molar-refractivity contribution >= 4 is 6.03 Å². The Hall–Kier alpha value is -0.770. The van der Waals surface area contributed by atoms with Crippen LogP contribution >= 0.6 is 0 Å². The van der Waals surface area contributed by atoms with Gasteiger partial charge in [0, 0.05) is 0 Å². The van der Waals surface area contributed by atoms with E-state index in [2.05, 4.69) is 10.6 Å². The van der Waals surface area contributed by atoms with Crippen molar-refractivity contribution in [2.24, 2.45) is 5.73 Å². The minimum absolute atomic E-state index is 0.0255. The molecular weight excluding hydrogens is 108 g/mol. The Balaban J connectivity index is 3.05. The lowest BCUT2D eigenvalue weighted by molar-refractivity contribution is 0.0187. The highest BCUT2D eigenvalue weighted by Gasteiger charge is 1.92. The molecule has 0 aliphatic heterocycles. The zero-order valence-electron chi connectivity index (χ0n) is 4.97. The van der Waals surface area contributed by atoms with Crippen LogP contribution in [0.4, 0.5) is 4.79 Å². The highest BCUT2D eigenvalue weighted by Crippen LogP contribution is 1.79. The van der Waals surface area contributed by atoms with Crippen LogP contribution in [0.25, 0.3) is 0 Å². The average molecular weight is 118 g/mol. The summed E-state index contributed by atoms with van der Waals surface area (Å²) in [5.41, 5.74) is 6.65. The molecule has 0 radical (unpaired) electrons. The normalized spacial score (nSPS) is 9.38. The minimum Gasteiger partial charge on any atom is -0.350 e. The third kappa shape index (κ3) is 5.23. The first-order valence-corrected chi connectivity index (χ1v) is 2.34. The summed E-state index contributed by atoms with van der Waals surface area (Å²) in [6, 6.07) is -0.668. The molecule has 4 heteroatoms. The van der Waals surface area contributed by atoms with Gasteiger partial charge >= 0.3 is 6.03 Å². The van der Waals surface area contributed by atoms with E-state index in [0.29, 0.717) is 0 Å². The highest BCUT2D eigenvalue weighted by atomic mass is 16.7. The van der Waals surface area contributed by atoms with Gasteiger partial charge in [0.25, 0.3) is 0 Å². The fraction of sp³-hybridized carbons (Fsp3) is 0.750. The van der Waals surface area contributed by atoms with Crippen LogP contribution in [0.3, 0.4) is 0 Å². The Morgan fingerprint density at radius 2 is 2.25 bits per heavy atom. The Labute approximate surface area is 48.0 Å². The van der Waals surface area contributed by atoms with Crippen molar-refractivity contribution in [2.45, 2.75) is 20.0 Å². The number of rotatable bonds is 2. The molecule has 0 unspecified atom stereocenters. The third-order valence-corrected chi connectivity index (χ3v) is 0.395. The number of nitrogens with two attached hydrogens (primary N) is 1.